The van der Waals surface area contributed by atoms with E-state index in [1.807, 2.05) is 0 Å². The molecule has 0 N–H and O–H groups in total. The fraction of sp³-hybridized carbons (Fsp3) is 0.667. The summed E-state index contributed by atoms with van der Waals surface area (Å²) in [5.41, 5.74) is 1.49. The van der Waals surface area contributed by atoms with E-state index in [0.717, 1.165) is 12.0 Å². The van der Waals surface area contributed by atoms with Crippen molar-refractivity contribution in [1.29, 1.82) is 0 Å². The Kier molecular flexibility index (Phi) is 5.45. The molecule has 19 heavy (non-hydrogen) atoms. The van der Waals surface area contributed by atoms with Crippen LogP contribution in [0.5, 0.6) is 0 Å². The van der Waals surface area contributed by atoms with Crippen molar-refractivity contribution in [2.45, 2.75) is 57.9 Å². The van der Waals surface area contributed by atoms with Crippen molar-refractivity contribution in [2.75, 3.05) is 13.6 Å². The summed E-state index contributed by atoms with van der Waals surface area (Å²) in [4.78, 5) is 2.58. The number of nitrogens with zero attached hydrogens (tertiary/aromatic N) is 1. The fourth-order valence-corrected chi connectivity index (χ4v) is 3.52. The molecule has 1 heteroatoms. The number of hydrogen-bond acceptors (Lipinski definition) is 1. The van der Waals surface area contributed by atoms with Gasteiger partial charge in [-0.2, -0.15) is 0 Å². The largest absolute Gasteiger partial charge is 0.303 e. The number of hydrogen-bond donors (Lipinski definition) is 0. The summed E-state index contributed by atoms with van der Waals surface area (Å²) in [5.74, 6) is 1.51. The van der Waals surface area contributed by atoms with E-state index < -0.39 is 0 Å². The van der Waals surface area contributed by atoms with Crippen molar-refractivity contribution in [3.8, 4) is 0 Å². The van der Waals surface area contributed by atoms with E-state index >= 15 is 0 Å². The van der Waals surface area contributed by atoms with Crippen molar-refractivity contribution in [3.05, 3.63) is 35.9 Å². The summed E-state index contributed by atoms with van der Waals surface area (Å²) >= 11 is 0. The van der Waals surface area contributed by atoms with Gasteiger partial charge in [-0.15, -0.1) is 0 Å². The normalized spacial score (nSPS) is 24.1. The summed E-state index contributed by atoms with van der Waals surface area (Å²) in [5, 5.41) is 0. The monoisotopic (exact) mass is 259 g/mol. The van der Waals surface area contributed by atoms with Crippen LogP contribution in [0, 0.1) is 5.92 Å². The highest BCUT2D eigenvalue weighted by Gasteiger charge is 2.22. The van der Waals surface area contributed by atoms with Crippen LogP contribution in [0.1, 0.15) is 57.4 Å². The first kappa shape index (κ1) is 14.6. The second-order valence-electron chi connectivity index (χ2n) is 6.52. The molecule has 0 bridgehead atoms. The van der Waals surface area contributed by atoms with Crippen LogP contribution in [0.2, 0.25) is 0 Å². The molecule has 1 fully saturated rings. The maximum atomic E-state index is 2.58. The van der Waals surface area contributed by atoms with E-state index in [4.69, 9.17) is 0 Å². The molecule has 3 unspecified atom stereocenters. The summed E-state index contributed by atoms with van der Waals surface area (Å²) in [6, 6.07) is 11.8. The minimum absolute atomic E-state index is 0.685. The molecule has 0 saturated carbocycles. The third-order valence-corrected chi connectivity index (χ3v) is 4.72. The molecule has 0 radical (unpaired) electrons. The van der Waals surface area contributed by atoms with Gasteiger partial charge in [-0.25, -0.2) is 0 Å². The Bertz CT molecular complexity index is 359. The lowest BCUT2D eigenvalue weighted by Gasteiger charge is -2.34. The van der Waals surface area contributed by atoms with Gasteiger partial charge in [0, 0.05) is 6.04 Å². The van der Waals surface area contributed by atoms with Crippen molar-refractivity contribution >= 4 is 0 Å². The van der Waals surface area contributed by atoms with Crippen LogP contribution >= 0.6 is 0 Å². The molecule has 1 nitrogen and oxygen atoms in total. The van der Waals surface area contributed by atoms with Gasteiger partial charge >= 0.3 is 0 Å². The van der Waals surface area contributed by atoms with Gasteiger partial charge in [0.15, 0.2) is 0 Å². The number of likely N-dealkylation sites (tertiary alicyclic amines) is 1. The quantitative estimate of drug-likeness (QED) is 0.741. The van der Waals surface area contributed by atoms with Crippen LogP contribution in [0.25, 0.3) is 0 Å². The molecule has 3 atom stereocenters. The minimum Gasteiger partial charge on any atom is -0.303 e. The molecule has 2 rings (SSSR count). The maximum Gasteiger partial charge on any atom is 0.00947 e. The van der Waals surface area contributed by atoms with Crippen LogP contribution in [-0.4, -0.2) is 24.5 Å². The number of piperidine rings is 1. The smallest absolute Gasteiger partial charge is 0.00947 e. The second kappa shape index (κ2) is 7.09. The third kappa shape index (κ3) is 4.35. The fourth-order valence-electron chi connectivity index (χ4n) is 3.52. The van der Waals surface area contributed by atoms with Gasteiger partial charge in [0.25, 0.3) is 0 Å². The SMILES string of the molecule is CC(CC(C)c1ccccc1)CC1CCCCN1C. The summed E-state index contributed by atoms with van der Waals surface area (Å²) < 4.78 is 0. The number of rotatable bonds is 5. The molecular formula is C18H29N. The van der Waals surface area contributed by atoms with Crippen LogP contribution in [0.4, 0.5) is 0 Å². The molecular weight excluding hydrogens is 230 g/mol. The molecule has 1 aliphatic heterocycles. The predicted molar refractivity (Wildman–Crippen MR) is 83.5 cm³/mol. The second-order valence-corrected chi connectivity index (χ2v) is 6.52. The summed E-state index contributed by atoms with van der Waals surface area (Å²) in [6.07, 6.45) is 6.90. The van der Waals surface area contributed by atoms with Crippen molar-refractivity contribution in [1.82, 2.24) is 4.90 Å². The molecule has 1 aromatic rings. The van der Waals surface area contributed by atoms with Crippen LogP contribution < -0.4 is 0 Å². The third-order valence-electron chi connectivity index (χ3n) is 4.72. The first-order valence-corrected chi connectivity index (χ1v) is 7.92. The Balaban J connectivity index is 1.82. The van der Waals surface area contributed by atoms with Crippen molar-refractivity contribution < 1.29 is 0 Å². The Hall–Kier alpha value is -0.820. The highest BCUT2D eigenvalue weighted by Crippen LogP contribution is 2.28. The van der Waals surface area contributed by atoms with Crippen molar-refractivity contribution in [2.24, 2.45) is 5.92 Å². The summed E-state index contributed by atoms with van der Waals surface area (Å²) in [7, 11) is 2.30. The highest BCUT2D eigenvalue weighted by molar-refractivity contribution is 5.18. The number of benzene rings is 1. The Morgan fingerprint density at radius 1 is 1.16 bits per heavy atom. The van der Waals surface area contributed by atoms with Gasteiger partial charge in [-0.1, -0.05) is 50.6 Å². The Morgan fingerprint density at radius 2 is 1.89 bits per heavy atom. The Labute approximate surface area is 119 Å². The first-order valence-electron chi connectivity index (χ1n) is 7.92. The Morgan fingerprint density at radius 3 is 2.58 bits per heavy atom. The first-order chi connectivity index (χ1) is 9.16. The standard InChI is InChI=1S/C18H29N/c1-15(14-18-11-7-8-12-19(18)3)13-16(2)17-9-5-4-6-10-17/h4-6,9-10,15-16,18H,7-8,11-14H2,1-3H3. The molecule has 0 amide bonds. The lowest BCUT2D eigenvalue weighted by atomic mass is 9.85. The van der Waals surface area contributed by atoms with Gasteiger partial charge in [0.2, 0.25) is 0 Å². The van der Waals surface area contributed by atoms with Gasteiger partial charge in [-0.05, 0) is 56.7 Å². The maximum absolute atomic E-state index is 2.58. The topological polar surface area (TPSA) is 3.24 Å². The van der Waals surface area contributed by atoms with E-state index in [0.29, 0.717) is 5.92 Å². The average Bonchev–Trinajstić information content (AvgIpc) is 2.42. The zero-order valence-electron chi connectivity index (χ0n) is 12.8. The molecule has 0 aliphatic carbocycles. The highest BCUT2D eigenvalue weighted by atomic mass is 15.1. The molecule has 1 aromatic carbocycles. The van der Waals surface area contributed by atoms with Crippen LogP contribution in [-0.2, 0) is 0 Å². The lowest BCUT2D eigenvalue weighted by molar-refractivity contribution is 0.156. The van der Waals surface area contributed by atoms with Crippen LogP contribution in [0.3, 0.4) is 0 Å². The van der Waals surface area contributed by atoms with Gasteiger partial charge in [-0.3, -0.25) is 0 Å². The molecule has 0 spiro atoms. The molecule has 1 saturated heterocycles. The molecule has 0 aromatic heterocycles. The molecule has 106 valence electrons. The van der Waals surface area contributed by atoms with Gasteiger partial charge < -0.3 is 4.90 Å². The zero-order chi connectivity index (χ0) is 13.7. The van der Waals surface area contributed by atoms with Crippen LogP contribution in [0.15, 0.2) is 30.3 Å². The minimum atomic E-state index is 0.685. The predicted octanol–water partition coefficient (Wildman–Crippen LogP) is 4.69. The zero-order valence-corrected chi connectivity index (χ0v) is 12.8. The van der Waals surface area contributed by atoms with E-state index in [2.05, 4.69) is 56.1 Å². The van der Waals surface area contributed by atoms with Gasteiger partial charge in [0.1, 0.15) is 0 Å². The van der Waals surface area contributed by atoms with Crippen molar-refractivity contribution in [3.63, 3.8) is 0 Å². The van der Waals surface area contributed by atoms with E-state index in [1.165, 1.54) is 44.2 Å². The molecule has 1 aliphatic rings. The summed E-state index contributed by atoms with van der Waals surface area (Å²) in [6.45, 7) is 6.10. The van der Waals surface area contributed by atoms with Gasteiger partial charge in [0.05, 0.1) is 0 Å². The lowest BCUT2D eigenvalue weighted by Crippen LogP contribution is -2.37. The molecule has 1 heterocycles. The average molecular weight is 259 g/mol. The van der Waals surface area contributed by atoms with E-state index in [9.17, 15) is 0 Å². The van der Waals surface area contributed by atoms with E-state index in [1.54, 1.807) is 0 Å². The van der Waals surface area contributed by atoms with E-state index in [-0.39, 0.29) is 0 Å².